The molecule has 0 fully saturated rings. The summed E-state index contributed by atoms with van der Waals surface area (Å²) in [5.41, 5.74) is 3.28. The summed E-state index contributed by atoms with van der Waals surface area (Å²) in [4.78, 5) is 16.2. The fraction of sp³-hybridized carbons (Fsp3) is 0. The molecule has 6 heteroatoms. The van der Waals surface area contributed by atoms with Gasteiger partial charge in [0.2, 0.25) is 5.95 Å². The Balaban J connectivity index is 1.78. The average Bonchev–Trinajstić information content (AvgIpc) is 3.01. The molecule has 0 amide bonds. The van der Waals surface area contributed by atoms with Crippen molar-refractivity contribution in [3.05, 3.63) is 66.1 Å². The molecule has 4 aromatic rings. The summed E-state index contributed by atoms with van der Waals surface area (Å²) < 4.78 is 0. The topological polar surface area (TPSA) is 66.5 Å². The molecule has 0 saturated carbocycles. The van der Waals surface area contributed by atoms with Gasteiger partial charge < -0.3 is 10.3 Å². The molecule has 0 bridgehead atoms. The van der Waals surface area contributed by atoms with E-state index in [4.69, 9.17) is 11.6 Å². The Morgan fingerprint density at radius 3 is 2.74 bits per heavy atom. The van der Waals surface area contributed by atoms with Gasteiger partial charge in [0.15, 0.2) is 0 Å². The number of hydrogen-bond acceptors (Lipinski definition) is 4. The van der Waals surface area contributed by atoms with E-state index in [0.717, 1.165) is 22.3 Å². The predicted octanol–water partition coefficient (Wildman–Crippen LogP) is 4.42. The summed E-state index contributed by atoms with van der Waals surface area (Å²) in [6, 6.07) is 13.6. The van der Waals surface area contributed by atoms with Crippen molar-refractivity contribution >= 4 is 34.3 Å². The maximum absolute atomic E-state index is 6.30. The Kier molecular flexibility index (Phi) is 3.40. The normalized spacial score (nSPS) is 10.8. The molecule has 0 aliphatic heterocycles. The molecule has 112 valence electrons. The molecule has 3 heterocycles. The van der Waals surface area contributed by atoms with E-state index >= 15 is 0 Å². The monoisotopic (exact) mass is 321 g/mol. The van der Waals surface area contributed by atoms with Gasteiger partial charge in [-0.2, -0.15) is 0 Å². The summed E-state index contributed by atoms with van der Waals surface area (Å²) in [6.45, 7) is 0. The third-order valence-corrected chi connectivity index (χ3v) is 3.76. The summed E-state index contributed by atoms with van der Waals surface area (Å²) in [5, 5.41) is 4.64. The first kappa shape index (κ1) is 13.7. The van der Waals surface area contributed by atoms with Crippen molar-refractivity contribution < 1.29 is 0 Å². The average molecular weight is 322 g/mol. The molecular formula is C17H12ClN5. The third-order valence-electron chi connectivity index (χ3n) is 3.48. The van der Waals surface area contributed by atoms with Gasteiger partial charge in [-0.05, 0) is 24.3 Å². The first-order valence-electron chi connectivity index (χ1n) is 7.08. The summed E-state index contributed by atoms with van der Waals surface area (Å²) in [6.07, 6.45) is 5.20. The zero-order chi connectivity index (χ0) is 15.6. The lowest BCUT2D eigenvalue weighted by atomic mass is 10.1. The van der Waals surface area contributed by atoms with Crippen molar-refractivity contribution in [1.29, 1.82) is 0 Å². The molecule has 0 unspecified atom stereocenters. The number of rotatable bonds is 3. The zero-order valence-corrected chi connectivity index (χ0v) is 12.7. The Morgan fingerprint density at radius 1 is 1.00 bits per heavy atom. The molecule has 5 nitrogen and oxygen atoms in total. The number of para-hydroxylation sites is 1. The van der Waals surface area contributed by atoms with E-state index < -0.39 is 0 Å². The molecule has 0 saturated heterocycles. The molecule has 23 heavy (non-hydrogen) atoms. The van der Waals surface area contributed by atoms with Gasteiger partial charge in [-0.1, -0.05) is 29.8 Å². The van der Waals surface area contributed by atoms with Crippen LogP contribution in [0.3, 0.4) is 0 Å². The second-order valence-electron chi connectivity index (χ2n) is 4.98. The Bertz CT molecular complexity index is 965. The van der Waals surface area contributed by atoms with Crippen LogP contribution >= 0.6 is 11.6 Å². The number of aromatic amines is 1. The molecule has 0 aliphatic carbocycles. The van der Waals surface area contributed by atoms with Crippen LogP contribution in [0.4, 0.5) is 11.6 Å². The van der Waals surface area contributed by atoms with Crippen molar-refractivity contribution in [3.8, 4) is 11.3 Å². The van der Waals surface area contributed by atoms with E-state index in [1.807, 2.05) is 48.7 Å². The van der Waals surface area contributed by atoms with Gasteiger partial charge in [0.1, 0.15) is 5.65 Å². The first-order valence-corrected chi connectivity index (χ1v) is 7.46. The van der Waals surface area contributed by atoms with Gasteiger partial charge in [-0.25, -0.2) is 15.0 Å². The highest BCUT2D eigenvalue weighted by molar-refractivity contribution is 6.33. The van der Waals surface area contributed by atoms with Crippen molar-refractivity contribution in [2.24, 2.45) is 0 Å². The number of nitrogens with zero attached hydrogens (tertiary/aromatic N) is 3. The Hall–Kier alpha value is -2.92. The first-order chi connectivity index (χ1) is 11.3. The van der Waals surface area contributed by atoms with Gasteiger partial charge >= 0.3 is 0 Å². The van der Waals surface area contributed by atoms with Crippen LogP contribution in [-0.2, 0) is 0 Å². The van der Waals surface area contributed by atoms with Crippen molar-refractivity contribution in [3.63, 3.8) is 0 Å². The standard InChI is InChI=1S/C17H12ClN5/c18-14-10-21-17(22-11-5-2-1-3-6-11)23-15(14)13-9-20-16-12(13)7-4-8-19-16/h1-10H,(H,19,20)(H,21,22,23). The quantitative estimate of drug-likeness (QED) is 0.586. The molecule has 0 radical (unpaired) electrons. The van der Waals surface area contributed by atoms with Crippen LogP contribution in [0, 0.1) is 0 Å². The van der Waals surface area contributed by atoms with E-state index in [1.165, 1.54) is 0 Å². The highest BCUT2D eigenvalue weighted by Gasteiger charge is 2.13. The Labute approximate surface area is 137 Å². The number of pyridine rings is 1. The second kappa shape index (κ2) is 5.70. The third kappa shape index (κ3) is 2.62. The van der Waals surface area contributed by atoms with Gasteiger partial charge in [0.05, 0.1) is 16.9 Å². The molecule has 4 rings (SSSR count). The van der Waals surface area contributed by atoms with E-state index in [-0.39, 0.29) is 0 Å². The highest BCUT2D eigenvalue weighted by Crippen LogP contribution is 2.31. The molecule has 0 spiro atoms. The van der Waals surface area contributed by atoms with Crippen LogP contribution in [0.5, 0.6) is 0 Å². The number of nitrogens with one attached hydrogen (secondary N) is 2. The predicted molar refractivity (Wildman–Crippen MR) is 91.9 cm³/mol. The number of fused-ring (bicyclic) bond motifs is 1. The lowest BCUT2D eigenvalue weighted by molar-refractivity contribution is 1.17. The van der Waals surface area contributed by atoms with E-state index in [9.17, 15) is 0 Å². The SMILES string of the molecule is Clc1cnc(Nc2ccccc2)nc1-c1c[nH]c2ncccc12. The van der Waals surface area contributed by atoms with Crippen molar-refractivity contribution in [2.75, 3.05) is 5.32 Å². The van der Waals surface area contributed by atoms with Crippen LogP contribution < -0.4 is 5.32 Å². The minimum Gasteiger partial charge on any atom is -0.345 e. The molecule has 0 aliphatic rings. The highest BCUT2D eigenvalue weighted by atomic mass is 35.5. The lowest BCUT2D eigenvalue weighted by Crippen LogP contribution is -1.98. The smallest absolute Gasteiger partial charge is 0.227 e. The number of hydrogen-bond donors (Lipinski definition) is 2. The fourth-order valence-corrected chi connectivity index (χ4v) is 2.61. The van der Waals surface area contributed by atoms with Crippen molar-refractivity contribution in [2.45, 2.75) is 0 Å². The largest absolute Gasteiger partial charge is 0.345 e. The van der Waals surface area contributed by atoms with Gasteiger partial charge in [0.25, 0.3) is 0 Å². The molecule has 2 N–H and O–H groups in total. The molecule has 3 aromatic heterocycles. The minimum absolute atomic E-state index is 0.494. The molecule has 0 atom stereocenters. The van der Waals surface area contributed by atoms with Gasteiger partial charge in [-0.15, -0.1) is 0 Å². The van der Waals surface area contributed by atoms with E-state index in [0.29, 0.717) is 16.7 Å². The molecular weight excluding hydrogens is 310 g/mol. The second-order valence-corrected chi connectivity index (χ2v) is 5.39. The van der Waals surface area contributed by atoms with Crippen LogP contribution in [0.15, 0.2) is 61.1 Å². The maximum atomic E-state index is 6.30. The van der Waals surface area contributed by atoms with Gasteiger partial charge in [-0.3, -0.25) is 0 Å². The number of H-pyrrole nitrogens is 1. The van der Waals surface area contributed by atoms with Crippen molar-refractivity contribution in [1.82, 2.24) is 19.9 Å². The van der Waals surface area contributed by atoms with E-state index in [2.05, 4.69) is 25.3 Å². The lowest BCUT2D eigenvalue weighted by Gasteiger charge is -2.07. The summed E-state index contributed by atoms with van der Waals surface area (Å²) in [7, 11) is 0. The number of anilines is 2. The number of aromatic nitrogens is 4. The number of halogens is 1. The van der Waals surface area contributed by atoms with Crippen LogP contribution in [0.2, 0.25) is 5.02 Å². The zero-order valence-electron chi connectivity index (χ0n) is 12.0. The fourth-order valence-electron chi connectivity index (χ4n) is 2.42. The van der Waals surface area contributed by atoms with Crippen LogP contribution in [0.25, 0.3) is 22.3 Å². The van der Waals surface area contributed by atoms with E-state index in [1.54, 1.807) is 12.4 Å². The Morgan fingerprint density at radius 2 is 1.87 bits per heavy atom. The maximum Gasteiger partial charge on any atom is 0.227 e. The molecule has 1 aromatic carbocycles. The summed E-state index contributed by atoms with van der Waals surface area (Å²) >= 11 is 6.30. The summed E-state index contributed by atoms with van der Waals surface area (Å²) in [5.74, 6) is 0.494. The van der Waals surface area contributed by atoms with Gasteiger partial charge in [0, 0.05) is 29.0 Å². The van der Waals surface area contributed by atoms with Crippen LogP contribution in [-0.4, -0.2) is 19.9 Å². The van der Waals surface area contributed by atoms with Crippen LogP contribution in [0.1, 0.15) is 0 Å². The number of benzene rings is 1. The minimum atomic E-state index is 0.494.